The van der Waals surface area contributed by atoms with Gasteiger partial charge in [0.15, 0.2) is 0 Å². The van der Waals surface area contributed by atoms with Crippen molar-refractivity contribution < 1.29 is 5.11 Å². The molecule has 17 heavy (non-hydrogen) atoms. The maximum atomic E-state index is 10.3. The molecule has 0 spiro atoms. The maximum Gasteiger partial charge on any atom is 0.122 e. The van der Waals surface area contributed by atoms with E-state index in [2.05, 4.69) is 36.8 Å². The maximum absolute atomic E-state index is 10.3. The number of halogens is 2. The molecule has 1 aromatic carbocycles. The number of nitrogens with zero attached hydrogens (tertiary/aromatic N) is 1. The topological polar surface area (TPSA) is 33.1 Å². The van der Waals surface area contributed by atoms with Gasteiger partial charge < -0.3 is 5.11 Å². The van der Waals surface area contributed by atoms with Gasteiger partial charge in [-0.1, -0.05) is 29.8 Å². The number of hydrogen-bond acceptors (Lipinski definition) is 2. The summed E-state index contributed by atoms with van der Waals surface area (Å²) in [6.07, 6.45) is 0.969. The lowest BCUT2D eigenvalue weighted by atomic mass is 10.0. The molecule has 0 radical (unpaired) electrons. The van der Waals surface area contributed by atoms with Crippen LogP contribution in [0.5, 0.6) is 0 Å². The summed E-state index contributed by atoms with van der Waals surface area (Å²) < 4.78 is 1.67. The van der Waals surface area contributed by atoms with Crippen LogP contribution >= 0.6 is 31.9 Å². The second-order valence-electron chi connectivity index (χ2n) is 3.84. The molecular formula is C13H11Br2NO. The molecule has 0 fully saturated rings. The molecule has 1 aromatic heterocycles. The van der Waals surface area contributed by atoms with Crippen LogP contribution in [0.2, 0.25) is 0 Å². The highest BCUT2D eigenvalue weighted by Gasteiger charge is 2.15. The molecule has 0 aliphatic rings. The standard InChI is InChI=1S/C13H11Br2NO/c1-8-3-2-4-9(5-8)13(17)12-11(15)6-10(14)7-16-12/h2-7,13,17H,1H3. The average Bonchev–Trinajstić information content (AvgIpc) is 2.28. The third-order valence-corrected chi connectivity index (χ3v) is 3.52. The fourth-order valence-electron chi connectivity index (χ4n) is 1.62. The second-order valence-corrected chi connectivity index (χ2v) is 5.61. The van der Waals surface area contributed by atoms with Crippen LogP contribution in [0, 0.1) is 6.92 Å². The number of aliphatic hydroxyl groups excluding tert-OH is 1. The number of pyridine rings is 1. The van der Waals surface area contributed by atoms with E-state index in [1.807, 2.05) is 37.3 Å². The molecule has 2 aromatic rings. The number of aryl methyl sites for hydroxylation is 1. The van der Waals surface area contributed by atoms with E-state index in [1.165, 1.54) is 0 Å². The van der Waals surface area contributed by atoms with E-state index in [0.717, 1.165) is 20.1 Å². The van der Waals surface area contributed by atoms with E-state index >= 15 is 0 Å². The van der Waals surface area contributed by atoms with Crippen LogP contribution in [-0.4, -0.2) is 10.1 Å². The Kier molecular flexibility index (Phi) is 3.97. The van der Waals surface area contributed by atoms with Gasteiger partial charge in [-0.25, -0.2) is 0 Å². The van der Waals surface area contributed by atoms with Crippen molar-refractivity contribution in [3.05, 3.63) is 62.3 Å². The van der Waals surface area contributed by atoms with E-state index in [0.29, 0.717) is 5.69 Å². The van der Waals surface area contributed by atoms with Crippen molar-refractivity contribution in [3.8, 4) is 0 Å². The summed E-state index contributed by atoms with van der Waals surface area (Å²) in [6, 6.07) is 9.66. The Balaban J connectivity index is 2.40. The van der Waals surface area contributed by atoms with Gasteiger partial charge in [0, 0.05) is 15.1 Å². The van der Waals surface area contributed by atoms with E-state index in [-0.39, 0.29) is 0 Å². The molecule has 1 unspecified atom stereocenters. The molecule has 0 aliphatic heterocycles. The summed E-state index contributed by atoms with van der Waals surface area (Å²) in [7, 11) is 0. The van der Waals surface area contributed by atoms with E-state index < -0.39 is 6.10 Å². The Hall–Kier alpha value is -0.710. The molecule has 0 saturated heterocycles. The highest BCUT2D eigenvalue weighted by molar-refractivity contribution is 9.11. The Labute approximate surface area is 117 Å². The van der Waals surface area contributed by atoms with Gasteiger partial charge in [0.05, 0.1) is 5.69 Å². The van der Waals surface area contributed by atoms with E-state index in [9.17, 15) is 5.11 Å². The first kappa shape index (κ1) is 12.7. The quantitative estimate of drug-likeness (QED) is 0.882. The number of rotatable bonds is 2. The zero-order chi connectivity index (χ0) is 12.4. The highest BCUT2D eigenvalue weighted by atomic mass is 79.9. The van der Waals surface area contributed by atoms with Crippen LogP contribution in [0.3, 0.4) is 0 Å². The molecule has 0 saturated carbocycles. The normalized spacial score (nSPS) is 12.5. The van der Waals surface area contributed by atoms with Crippen LogP contribution in [0.25, 0.3) is 0 Å². The van der Waals surface area contributed by atoms with Gasteiger partial charge in [0.2, 0.25) is 0 Å². The van der Waals surface area contributed by atoms with Crippen LogP contribution in [0.15, 0.2) is 45.5 Å². The molecule has 0 amide bonds. The number of hydrogen-bond donors (Lipinski definition) is 1. The molecule has 1 N–H and O–H groups in total. The fourth-order valence-corrected chi connectivity index (χ4v) is 2.83. The predicted molar refractivity (Wildman–Crippen MR) is 74.9 cm³/mol. The van der Waals surface area contributed by atoms with Crippen LogP contribution in [0.1, 0.15) is 22.9 Å². The number of benzene rings is 1. The zero-order valence-corrected chi connectivity index (χ0v) is 12.4. The lowest BCUT2D eigenvalue weighted by molar-refractivity contribution is 0.214. The van der Waals surface area contributed by atoms with Gasteiger partial charge in [-0.3, -0.25) is 4.98 Å². The lowest BCUT2D eigenvalue weighted by Crippen LogP contribution is -2.03. The van der Waals surface area contributed by atoms with Gasteiger partial charge >= 0.3 is 0 Å². The van der Waals surface area contributed by atoms with Gasteiger partial charge in [0.1, 0.15) is 6.10 Å². The molecular weight excluding hydrogens is 346 g/mol. The molecule has 0 bridgehead atoms. The Morgan fingerprint density at radius 2 is 2.00 bits per heavy atom. The second kappa shape index (κ2) is 5.29. The molecule has 4 heteroatoms. The summed E-state index contributed by atoms with van der Waals surface area (Å²) in [5, 5.41) is 10.3. The van der Waals surface area contributed by atoms with Gasteiger partial charge in [0.25, 0.3) is 0 Å². The van der Waals surface area contributed by atoms with Gasteiger partial charge in [-0.15, -0.1) is 0 Å². The number of aromatic nitrogens is 1. The van der Waals surface area contributed by atoms with Crippen molar-refractivity contribution in [2.75, 3.05) is 0 Å². The van der Waals surface area contributed by atoms with Crippen molar-refractivity contribution in [1.82, 2.24) is 4.98 Å². The predicted octanol–water partition coefficient (Wildman–Crippen LogP) is 4.00. The molecule has 2 nitrogen and oxygen atoms in total. The monoisotopic (exact) mass is 355 g/mol. The molecule has 0 aliphatic carbocycles. The van der Waals surface area contributed by atoms with Crippen molar-refractivity contribution in [2.45, 2.75) is 13.0 Å². The summed E-state index contributed by atoms with van der Waals surface area (Å²) in [6.45, 7) is 2.00. The Morgan fingerprint density at radius 3 is 2.65 bits per heavy atom. The molecule has 1 heterocycles. The van der Waals surface area contributed by atoms with Crippen LogP contribution in [-0.2, 0) is 0 Å². The third kappa shape index (κ3) is 2.94. The SMILES string of the molecule is Cc1cccc(C(O)c2ncc(Br)cc2Br)c1. The molecule has 88 valence electrons. The highest BCUT2D eigenvalue weighted by Crippen LogP contribution is 2.28. The van der Waals surface area contributed by atoms with Gasteiger partial charge in [-0.05, 0) is 50.4 Å². The van der Waals surface area contributed by atoms with Crippen LogP contribution in [0.4, 0.5) is 0 Å². The summed E-state index contributed by atoms with van der Waals surface area (Å²) in [4.78, 5) is 4.24. The lowest BCUT2D eigenvalue weighted by Gasteiger charge is -2.13. The summed E-state index contributed by atoms with van der Waals surface area (Å²) in [5.41, 5.74) is 2.59. The first-order valence-electron chi connectivity index (χ1n) is 5.13. The molecule has 2 rings (SSSR count). The van der Waals surface area contributed by atoms with Crippen molar-refractivity contribution >= 4 is 31.9 Å². The number of aliphatic hydroxyl groups is 1. The minimum absolute atomic E-state index is 0.624. The first-order chi connectivity index (χ1) is 8.08. The fraction of sp³-hybridized carbons (Fsp3) is 0.154. The van der Waals surface area contributed by atoms with Crippen molar-refractivity contribution in [2.24, 2.45) is 0 Å². The van der Waals surface area contributed by atoms with E-state index in [4.69, 9.17) is 0 Å². The molecule has 1 atom stereocenters. The minimum atomic E-state index is -0.711. The zero-order valence-electron chi connectivity index (χ0n) is 9.19. The van der Waals surface area contributed by atoms with E-state index in [1.54, 1.807) is 6.20 Å². The minimum Gasteiger partial charge on any atom is -0.382 e. The smallest absolute Gasteiger partial charge is 0.122 e. The Morgan fingerprint density at radius 1 is 1.24 bits per heavy atom. The largest absolute Gasteiger partial charge is 0.382 e. The van der Waals surface area contributed by atoms with Crippen molar-refractivity contribution in [3.63, 3.8) is 0 Å². The third-order valence-electron chi connectivity index (χ3n) is 2.45. The summed E-state index contributed by atoms with van der Waals surface area (Å²) in [5.74, 6) is 0. The van der Waals surface area contributed by atoms with Gasteiger partial charge in [-0.2, -0.15) is 0 Å². The Bertz CT molecular complexity index is 543. The average molecular weight is 357 g/mol. The van der Waals surface area contributed by atoms with Crippen LogP contribution < -0.4 is 0 Å². The summed E-state index contributed by atoms with van der Waals surface area (Å²) >= 11 is 6.75. The first-order valence-corrected chi connectivity index (χ1v) is 6.72. The van der Waals surface area contributed by atoms with Crippen molar-refractivity contribution in [1.29, 1.82) is 0 Å².